The van der Waals surface area contributed by atoms with E-state index in [0.29, 0.717) is 17.1 Å². The monoisotopic (exact) mass is 434 g/mol. The lowest BCUT2D eigenvalue weighted by Gasteiger charge is -2.11. The minimum Gasteiger partial charge on any atom is -0.497 e. The highest BCUT2D eigenvalue weighted by Crippen LogP contribution is 2.31. The maximum Gasteiger partial charge on any atom is 0.291 e. The Hall–Kier alpha value is -3.18. The van der Waals surface area contributed by atoms with E-state index in [2.05, 4.69) is 20.2 Å². The molecule has 0 fully saturated rings. The molecule has 29 heavy (non-hydrogen) atoms. The van der Waals surface area contributed by atoms with Gasteiger partial charge in [-0.05, 0) is 30.7 Å². The quantitative estimate of drug-likeness (QED) is 0.549. The maximum absolute atomic E-state index is 12.7. The van der Waals surface area contributed by atoms with Crippen molar-refractivity contribution in [3.63, 3.8) is 0 Å². The average Bonchev–Trinajstić information content (AvgIpc) is 3.17. The number of aryl methyl sites for hydroxylation is 1. The van der Waals surface area contributed by atoms with Gasteiger partial charge in [0.15, 0.2) is 0 Å². The van der Waals surface area contributed by atoms with Crippen LogP contribution in [0.4, 0.5) is 10.8 Å². The lowest BCUT2D eigenvalue weighted by atomic mass is 10.1. The van der Waals surface area contributed by atoms with E-state index >= 15 is 0 Å². The van der Waals surface area contributed by atoms with Gasteiger partial charge >= 0.3 is 0 Å². The SMILES string of the molecule is COc1ccc(OC)c(NS(=O)(=O)c2nnc(NC(=O)c3ccccc3C)s2)c1. The first-order valence-corrected chi connectivity index (χ1v) is 10.6. The normalized spacial score (nSPS) is 11.0. The molecule has 3 rings (SSSR count). The second-order valence-electron chi connectivity index (χ2n) is 5.81. The minimum atomic E-state index is -4.05. The van der Waals surface area contributed by atoms with Crippen molar-refractivity contribution in [1.29, 1.82) is 0 Å². The highest BCUT2D eigenvalue weighted by molar-refractivity contribution is 7.94. The molecule has 0 aliphatic rings. The number of ether oxygens (including phenoxy) is 2. The second kappa shape index (κ2) is 8.45. The summed E-state index contributed by atoms with van der Waals surface area (Å²) in [6.45, 7) is 1.80. The molecule has 0 saturated heterocycles. The maximum atomic E-state index is 12.7. The Labute approximate surface area is 171 Å². The fourth-order valence-corrected chi connectivity index (χ4v) is 4.40. The van der Waals surface area contributed by atoms with Gasteiger partial charge in [0.2, 0.25) is 5.13 Å². The summed E-state index contributed by atoms with van der Waals surface area (Å²) >= 11 is 0.735. The van der Waals surface area contributed by atoms with E-state index in [1.165, 1.54) is 20.3 Å². The van der Waals surface area contributed by atoms with E-state index in [1.54, 1.807) is 37.3 Å². The lowest BCUT2D eigenvalue weighted by molar-refractivity contribution is 0.102. The Morgan fingerprint density at radius 1 is 1.07 bits per heavy atom. The minimum absolute atomic E-state index is 0.0660. The summed E-state index contributed by atoms with van der Waals surface area (Å²) in [5.41, 5.74) is 1.44. The van der Waals surface area contributed by atoms with E-state index in [1.807, 2.05) is 6.07 Å². The van der Waals surface area contributed by atoms with E-state index in [0.717, 1.165) is 16.9 Å². The molecule has 0 spiro atoms. The predicted molar refractivity (Wildman–Crippen MR) is 109 cm³/mol. The molecule has 1 amide bonds. The molecular weight excluding hydrogens is 416 g/mol. The molecule has 2 N–H and O–H groups in total. The third-order valence-electron chi connectivity index (χ3n) is 3.90. The highest BCUT2D eigenvalue weighted by Gasteiger charge is 2.23. The lowest BCUT2D eigenvalue weighted by Crippen LogP contribution is -2.13. The fourth-order valence-electron chi connectivity index (χ4n) is 2.44. The summed E-state index contributed by atoms with van der Waals surface area (Å²) in [6.07, 6.45) is 0. The summed E-state index contributed by atoms with van der Waals surface area (Å²) in [4.78, 5) is 12.4. The second-order valence-corrected chi connectivity index (χ2v) is 8.65. The number of benzene rings is 2. The number of rotatable bonds is 7. The zero-order valence-electron chi connectivity index (χ0n) is 15.8. The first kappa shape index (κ1) is 20.6. The number of hydrogen-bond acceptors (Lipinski definition) is 8. The van der Waals surface area contributed by atoms with Crippen LogP contribution in [0.15, 0.2) is 46.8 Å². The third kappa shape index (κ3) is 4.63. The van der Waals surface area contributed by atoms with Crippen LogP contribution in [-0.2, 0) is 10.0 Å². The van der Waals surface area contributed by atoms with Gasteiger partial charge in [-0.1, -0.05) is 29.5 Å². The van der Waals surface area contributed by atoms with Gasteiger partial charge in [-0.3, -0.25) is 14.8 Å². The number of carbonyl (C=O) groups excluding carboxylic acids is 1. The van der Waals surface area contributed by atoms with E-state index in [-0.39, 0.29) is 15.2 Å². The van der Waals surface area contributed by atoms with Gasteiger partial charge in [0.05, 0.1) is 19.9 Å². The van der Waals surface area contributed by atoms with Crippen LogP contribution < -0.4 is 19.5 Å². The average molecular weight is 434 g/mol. The topological polar surface area (TPSA) is 120 Å². The molecular formula is C18H18N4O5S2. The van der Waals surface area contributed by atoms with Gasteiger partial charge in [-0.2, -0.15) is 8.42 Å². The van der Waals surface area contributed by atoms with Crippen molar-refractivity contribution in [1.82, 2.24) is 10.2 Å². The summed E-state index contributed by atoms with van der Waals surface area (Å²) in [6, 6.07) is 11.7. The van der Waals surface area contributed by atoms with E-state index < -0.39 is 15.9 Å². The van der Waals surface area contributed by atoms with Crippen LogP contribution in [0, 0.1) is 6.92 Å². The molecule has 0 saturated carbocycles. The van der Waals surface area contributed by atoms with Crippen LogP contribution in [0.2, 0.25) is 0 Å². The van der Waals surface area contributed by atoms with Gasteiger partial charge in [0.1, 0.15) is 11.5 Å². The zero-order chi connectivity index (χ0) is 21.0. The Bertz CT molecular complexity index is 1140. The van der Waals surface area contributed by atoms with Gasteiger partial charge < -0.3 is 9.47 Å². The van der Waals surface area contributed by atoms with Gasteiger partial charge in [0.25, 0.3) is 20.3 Å². The number of nitrogens with one attached hydrogen (secondary N) is 2. The van der Waals surface area contributed by atoms with E-state index in [9.17, 15) is 13.2 Å². The summed E-state index contributed by atoms with van der Waals surface area (Å²) in [5.74, 6) is 0.365. The molecule has 0 aliphatic heterocycles. The predicted octanol–water partition coefficient (Wildman–Crippen LogP) is 2.92. The number of aromatic nitrogens is 2. The van der Waals surface area contributed by atoms with Gasteiger partial charge in [-0.25, -0.2) is 0 Å². The van der Waals surface area contributed by atoms with Crippen molar-refractivity contribution < 1.29 is 22.7 Å². The molecule has 152 valence electrons. The Morgan fingerprint density at radius 2 is 1.83 bits per heavy atom. The first-order valence-electron chi connectivity index (χ1n) is 8.29. The van der Waals surface area contributed by atoms with Crippen molar-refractivity contribution in [3.05, 3.63) is 53.6 Å². The summed E-state index contributed by atoms with van der Waals surface area (Å²) in [7, 11) is -1.16. The van der Waals surface area contributed by atoms with Gasteiger partial charge in [-0.15, -0.1) is 10.2 Å². The third-order valence-corrected chi connectivity index (χ3v) is 6.47. The Balaban J connectivity index is 1.81. The van der Waals surface area contributed by atoms with Crippen LogP contribution in [0.1, 0.15) is 15.9 Å². The standard InChI is InChI=1S/C18H18N4O5S2/c1-11-6-4-5-7-13(11)16(23)19-17-20-21-18(28-17)29(24,25)22-14-10-12(26-2)8-9-15(14)27-3/h4-10,22H,1-3H3,(H,19,20,23). The highest BCUT2D eigenvalue weighted by atomic mass is 32.2. The number of methoxy groups -OCH3 is 2. The summed E-state index contributed by atoms with van der Waals surface area (Å²) < 4.78 is 37.7. The molecule has 0 atom stereocenters. The Kier molecular flexibility index (Phi) is 5.99. The van der Waals surface area contributed by atoms with Crippen LogP contribution in [-0.4, -0.2) is 38.7 Å². The number of nitrogens with zero attached hydrogens (tertiary/aromatic N) is 2. The van der Waals surface area contributed by atoms with Crippen LogP contribution >= 0.6 is 11.3 Å². The molecule has 0 unspecified atom stereocenters. The van der Waals surface area contributed by atoms with Crippen molar-refractivity contribution in [2.75, 3.05) is 24.3 Å². The first-order chi connectivity index (χ1) is 13.8. The van der Waals surface area contributed by atoms with Crippen LogP contribution in [0.5, 0.6) is 11.5 Å². The molecule has 9 nitrogen and oxygen atoms in total. The van der Waals surface area contributed by atoms with Crippen molar-refractivity contribution in [2.24, 2.45) is 0 Å². The number of sulfonamides is 1. The molecule has 0 radical (unpaired) electrons. The largest absolute Gasteiger partial charge is 0.497 e. The molecule has 1 heterocycles. The fraction of sp³-hybridized carbons (Fsp3) is 0.167. The van der Waals surface area contributed by atoms with E-state index in [4.69, 9.17) is 9.47 Å². The zero-order valence-corrected chi connectivity index (χ0v) is 17.4. The van der Waals surface area contributed by atoms with Crippen molar-refractivity contribution in [2.45, 2.75) is 11.3 Å². The number of anilines is 2. The molecule has 3 aromatic rings. The molecule has 2 aromatic carbocycles. The molecule has 11 heteroatoms. The van der Waals surface area contributed by atoms with Crippen LogP contribution in [0.3, 0.4) is 0 Å². The number of amides is 1. The van der Waals surface area contributed by atoms with Crippen molar-refractivity contribution in [3.8, 4) is 11.5 Å². The molecule has 0 bridgehead atoms. The van der Waals surface area contributed by atoms with Crippen molar-refractivity contribution >= 4 is 38.1 Å². The van der Waals surface area contributed by atoms with Gasteiger partial charge in [0, 0.05) is 11.6 Å². The molecule has 0 aliphatic carbocycles. The smallest absolute Gasteiger partial charge is 0.291 e. The van der Waals surface area contributed by atoms with Crippen LogP contribution in [0.25, 0.3) is 0 Å². The summed E-state index contributed by atoms with van der Waals surface area (Å²) in [5, 5.41) is 10.1. The molecule has 1 aromatic heterocycles. The number of carbonyl (C=O) groups is 1. The number of hydrogen-bond donors (Lipinski definition) is 2. The Morgan fingerprint density at radius 3 is 2.52 bits per heavy atom.